The first-order chi connectivity index (χ1) is 12.5. The average Bonchev–Trinajstić information content (AvgIpc) is 2.64. The monoisotopic (exact) mass is 369 g/mol. The number of nitrogens with one attached hydrogen (secondary N) is 1. The molecule has 0 fully saturated rings. The number of nitrogens with zero attached hydrogens (tertiary/aromatic N) is 2. The predicted molar refractivity (Wildman–Crippen MR) is 104 cm³/mol. The SMILES string of the molecule is Cc1cc(C)c2c(n1)SCCN2C(=O)CCC(=O)NCc1ccccc1. The zero-order valence-corrected chi connectivity index (χ0v) is 15.9. The van der Waals surface area contributed by atoms with Crippen LogP contribution in [0.25, 0.3) is 0 Å². The lowest BCUT2D eigenvalue weighted by atomic mass is 10.1. The van der Waals surface area contributed by atoms with Gasteiger partial charge in [-0.15, -0.1) is 11.8 Å². The molecule has 136 valence electrons. The van der Waals surface area contributed by atoms with E-state index in [0.717, 1.165) is 33.3 Å². The number of carbonyl (C=O) groups is 2. The van der Waals surface area contributed by atoms with Crippen LogP contribution in [-0.4, -0.2) is 29.1 Å². The molecule has 0 bridgehead atoms. The topological polar surface area (TPSA) is 62.3 Å². The van der Waals surface area contributed by atoms with Gasteiger partial charge in [-0.3, -0.25) is 9.59 Å². The number of amides is 2. The first-order valence-electron chi connectivity index (χ1n) is 8.76. The quantitative estimate of drug-likeness (QED) is 0.879. The van der Waals surface area contributed by atoms with Gasteiger partial charge in [-0.2, -0.15) is 0 Å². The molecule has 6 heteroatoms. The summed E-state index contributed by atoms with van der Waals surface area (Å²) in [7, 11) is 0. The second-order valence-electron chi connectivity index (χ2n) is 6.39. The number of aryl methyl sites for hydroxylation is 2. The van der Waals surface area contributed by atoms with Crippen LogP contribution in [0.15, 0.2) is 41.4 Å². The fraction of sp³-hybridized carbons (Fsp3) is 0.350. The third-order valence-corrected chi connectivity index (χ3v) is 5.25. The number of rotatable bonds is 5. The molecule has 0 aliphatic carbocycles. The minimum absolute atomic E-state index is 0.0184. The van der Waals surface area contributed by atoms with Gasteiger partial charge in [0.1, 0.15) is 5.03 Å². The van der Waals surface area contributed by atoms with Gasteiger partial charge in [0.25, 0.3) is 0 Å². The zero-order chi connectivity index (χ0) is 18.5. The average molecular weight is 369 g/mol. The molecule has 1 aromatic heterocycles. The summed E-state index contributed by atoms with van der Waals surface area (Å²) in [6.07, 6.45) is 0.404. The Balaban J connectivity index is 1.57. The molecule has 2 heterocycles. The van der Waals surface area contributed by atoms with Crippen molar-refractivity contribution in [2.45, 2.75) is 38.3 Å². The molecule has 0 atom stereocenters. The number of fused-ring (bicyclic) bond motifs is 1. The normalized spacial score (nSPS) is 13.2. The van der Waals surface area contributed by atoms with Gasteiger partial charge in [-0.05, 0) is 31.0 Å². The molecule has 0 unspecified atom stereocenters. The number of hydrogen-bond acceptors (Lipinski definition) is 4. The summed E-state index contributed by atoms with van der Waals surface area (Å²) in [6.45, 7) is 5.12. The molecule has 3 rings (SSSR count). The maximum atomic E-state index is 12.7. The van der Waals surface area contributed by atoms with E-state index in [2.05, 4.69) is 10.3 Å². The van der Waals surface area contributed by atoms with E-state index in [1.807, 2.05) is 50.2 Å². The van der Waals surface area contributed by atoms with Crippen molar-refractivity contribution in [3.63, 3.8) is 0 Å². The van der Waals surface area contributed by atoms with Crippen molar-refractivity contribution in [2.75, 3.05) is 17.2 Å². The van der Waals surface area contributed by atoms with E-state index in [4.69, 9.17) is 0 Å². The van der Waals surface area contributed by atoms with Crippen molar-refractivity contribution in [3.05, 3.63) is 53.2 Å². The van der Waals surface area contributed by atoms with Crippen LogP contribution in [0.2, 0.25) is 0 Å². The van der Waals surface area contributed by atoms with Crippen LogP contribution in [0.1, 0.15) is 29.7 Å². The molecule has 2 amide bonds. The summed E-state index contributed by atoms with van der Waals surface area (Å²) >= 11 is 1.68. The molecule has 26 heavy (non-hydrogen) atoms. The van der Waals surface area contributed by atoms with E-state index in [0.29, 0.717) is 13.1 Å². The summed E-state index contributed by atoms with van der Waals surface area (Å²) in [5, 5.41) is 3.78. The molecule has 2 aromatic rings. The number of carbonyl (C=O) groups excluding carboxylic acids is 2. The Morgan fingerprint density at radius 3 is 2.73 bits per heavy atom. The number of hydrogen-bond donors (Lipinski definition) is 1. The number of anilines is 1. The maximum absolute atomic E-state index is 12.7. The largest absolute Gasteiger partial charge is 0.352 e. The maximum Gasteiger partial charge on any atom is 0.227 e. The molecular weight excluding hydrogens is 346 g/mol. The second kappa shape index (κ2) is 8.36. The number of benzene rings is 1. The van der Waals surface area contributed by atoms with E-state index < -0.39 is 0 Å². The van der Waals surface area contributed by atoms with Crippen LogP contribution in [0, 0.1) is 13.8 Å². The highest BCUT2D eigenvalue weighted by molar-refractivity contribution is 7.99. The third kappa shape index (κ3) is 4.43. The molecule has 0 saturated heterocycles. The van der Waals surface area contributed by atoms with Gasteiger partial charge < -0.3 is 10.2 Å². The first-order valence-corrected chi connectivity index (χ1v) is 9.75. The van der Waals surface area contributed by atoms with Gasteiger partial charge in [-0.1, -0.05) is 30.3 Å². The number of thioether (sulfide) groups is 1. The Morgan fingerprint density at radius 2 is 1.96 bits per heavy atom. The first kappa shape index (κ1) is 18.5. The number of aromatic nitrogens is 1. The summed E-state index contributed by atoms with van der Waals surface area (Å²) in [5.74, 6) is 0.706. The number of pyridine rings is 1. The molecule has 5 nitrogen and oxygen atoms in total. The van der Waals surface area contributed by atoms with E-state index in [9.17, 15) is 9.59 Å². The Hall–Kier alpha value is -2.34. The minimum Gasteiger partial charge on any atom is -0.352 e. The van der Waals surface area contributed by atoms with Crippen LogP contribution >= 0.6 is 11.8 Å². The van der Waals surface area contributed by atoms with Gasteiger partial charge in [0.2, 0.25) is 11.8 Å². The molecule has 1 aliphatic heterocycles. The van der Waals surface area contributed by atoms with Gasteiger partial charge in [0.15, 0.2) is 0 Å². The highest BCUT2D eigenvalue weighted by Gasteiger charge is 2.26. The van der Waals surface area contributed by atoms with Crippen LogP contribution in [-0.2, 0) is 16.1 Å². The molecular formula is C20H23N3O2S. The molecule has 0 spiro atoms. The lowest BCUT2D eigenvalue weighted by Crippen LogP contribution is -2.37. The van der Waals surface area contributed by atoms with Gasteiger partial charge in [-0.25, -0.2) is 4.98 Å². The van der Waals surface area contributed by atoms with Gasteiger partial charge in [0.05, 0.1) is 5.69 Å². The van der Waals surface area contributed by atoms with E-state index in [1.165, 1.54) is 0 Å². The van der Waals surface area contributed by atoms with Crippen molar-refractivity contribution >= 4 is 29.3 Å². The highest BCUT2D eigenvalue weighted by atomic mass is 32.2. The lowest BCUT2D eigenvalue weighted by molar-refractivity contribution is -0.125. The van der Waals surface area contributed by atoms with Crippen LogP contribution in [0.5, 0.6) is 0 Å². The fourth-order valence-corrected chi connectivity index (χ4v) is 4.14. The highest BCUT2D eigenvalue weighted by Crippen LogP contribution is 2.36. The molecule has 1 aromatic carbocycles. The smallest absolute Gasteiger partial charge is 0.227 e. The van der Waals surface area contributed by atoms with Crippen molar-refractivity contribution in [3.8, 4) is 0 Å². The summed E-state index contributed by atoms with van der Waals surface area (Å²) in [5.41, 5.74) is 3.97. The molecule has 1 N–H and O–H groups in total. The Kier molecular flexibility index (Phi) is 5.93. The van der Waals surface area contributed by atoms with Crippen molar-refractivity contribution < 1.29 is 9.59 Å². The molecule has 0 radical (unpaired) electrons. The summed E-state index contributed by atoms with van der Waals surface area (Å²) < 4.78 is 0. The van der Waals surface area contributed by atoms with Crippen molar-refractivity contribution in [1.29, 1.82) is 0 Å². The van der Waals surface area contributed by atoms with E-state index in [1.54, 1.807) is 16.7 Å². The predicted octanol–water partition coefficient (Wildman–Crippen LogP) is 3.23. The second-order valence-corrected chi connectivity index (χ2v) is 7.47. The zero-order valence-electron chi connectivity index (χ0n) is 15.1. The molecule has 0 saturated carbocycles. The summed E-state index contributed by atoms with van der Waals surface area (Å²) in [6, 6.07) is 11.7. The summed E-state index contributed by atoms with van der Waals surface area (Å²) in [4.78, 5) is 31.1. The van der Waals surface area contributed by atoms with E-state index >= 15 is 0 Å². The van der Waals surface area contributed by atoms with Crippen LogP contribution in [0.3, 0.4) is 0 Å². The Morgan fingerprint density at radius 1 is 1.19 bits per heavy atom. The van der Waals surface area contributed by atoms with E-state index in [-0.39, 0.29) is 24.7 Å². The Bertz CT molecular complexity index is 808. The van der Waals surface area contributed by atoms with Crippen molar-refractivity contribution in [2.24, 2.45) is 0 Å². The van der Waals surface area contributed by atoms with Gasteiger partial charge in [0, 0.05) is 37.4 Å². The van der Waals surface area contributed by atoms with Crippen molar-refractivity contribution in [1.82, 2.24) is 10.3 Å². The third-order valence-electron chi connectivity index (χ3n) is 4.30. The standard InChI is InChI=1S/C20H23N3O2S/c1-14-12-15(2)22-20-19(14)23(10-11-26-20)18(25)9-8-17(24)21-13-16-6-4-3-5-7-16/h3-7,12H,8-11,13H2,1-2H3,(H,21,24). The minimum atomic E-state index is -0.104. The Labute approximate surface area is 158 Å². The van der Waals surface area contributed by atoms with Crippen LogP contribution < -0.4 is 10.2 Å². The van der Waals surface area contributed by atoms with Crippen LogP contribution in [0.4, 0.5) is 5.69 Å². The fourth-order valence-electron chi connectivity index (χ4n) is 3.06. The molecule has 1 aliphatic rings. The van der Waals surface area contributed by atoms with Gasteiger partial charge >= 0.3 is 0 Å². The lowest BCUT2D eigenvalue weighted by Gasteiger charge is -2.30.